The number of amidine groups is 1. The maximum Gasteiger partial charge on any atom is 0.156 e. The summed E-state index contributed by atoms with van der Waals surface area (Å²) < 4.78 is 5.60. The first-order valence-corrected chi connectivity index (χ1v) is 7.36. The predicted octanol–water partition coefficient (Wildman–Crippen LogP) is 2.78. The summed E-state index contributed by atoms with van der Waals surface area (Å²) in [5.74, 6) is 2.69. The number of hydrogen-bond acceptors (Lipinski definition) is 3. The second-order valence-electron chi connectivity index (χ2n) is 4.65. The molecule has 1 aromatic carbocycles. The maximum atomic E-state index is 5.60. The SMILES string of the molecule is CC(C)C1CSC(=NCCOc2ccccc2)N1. The lowest BCUT2D eigenvalue weighted by Gasteiger charge is -2.13. The molecular weight excluding hydrogens is 244 g/mol. The summed E-state index contributed by atoms with van der Waals surface area (Å²) >= 11 is 1.81. The van der Waals surface area contributed by atoms with Gasteiger partial charge in [-0.1, -0.05) is 43.8 Å². The van der Waals surface area contributed by atoms with Crippen molar-refractivity contribution in [1.29, 1.82) is 0 Å². The number of rotatable bonds is 5. The lowest BCUT2D eigenvalue weighted by atomic mass is 10.1. The van der Waals surface area contributed by atoms with Gasteiger partial charge in [-0.3, -0.25) is 4.99 Å². The van der Waals surface area contributed by atoms with Crippen LogP contribution in [0, 0.1) is 5.92 Å². The van der Waals surface area contributed by atoms with E-state index in [0.717, 1.165) is 16.7 Å². The van der Waals surface area contributed by atoms with Gasteiger partial charge in [0.1, 0.15) is 12.4 Å². The average molecular weight is 264 g/mol. The number of aliphatic imine (C=N–C) groups is 1. The molecular formula is C14H20N2OS. The molecule has 0 spiro atoms. The molecule has 1 aromatic rings. The topological polar surface area (TPSA) is 33.6 Å². The molecule has 0 amide bonds. The van der Waals surface area contributed by atoms with Crippen molar-refractivity contribution < 1.29 is 4.74 Å². The predicted molar refractivity (Wildman–Crippen MR) is 78.5 cm³/mol. The minimum atomic E-state index is 0.559. The molecule has 1 aliphatic heterocycles. The van der Waals surface area contributed by atoms with Gasteiger partial charge in [-0.05, 0) is 18.1 Å². The molecule has 2 rings (SSSR count). The van der Waals surface area contributed by atoms with Crippen LogP contribution in [0.4, 0.5) is 0 Å². The Bertz CT molecular complexity index is 392. The Kier molecular flexibility index (Phi) is 4.93. The van der Waals surface area contributed by atoms with Crippen LogP contribution >= 0.6 is 11.8 Å². The highest BCUT2D eigenvalue weighted by Crippen LogP contribution is 2.18. The second kappa shape index (κ2) is 6.69. The molecule has 1 heterocycles. The molecule has 1 saturated heterocycles. The Balaban J connectivity index is 1.69. The largest absolute Gasteiger partial charge is 0.492 e. The zero-order valence-electron chi connectivity index (χ0n) is 10.9. The first-order valence-electron chi connectivity index (χ1n) is 6.37. The Hall–Kier alpha value is -1.16. The summed E-state index contributed by atoms with van der Waals surface area (Å²) in [5, 5.41) is 4.51. The molecule has 0 bridgehead atoms. The van der Waals surface area contributed by atoms with Gasteiger partial charge in [-0.25, -0.2) is 0 Å². The Labute approximate surface area is 113 Å². The molecule has 1 atom stereocenters. The normalized spacial score (nSPS) is 21.3. The number of para-hydroxylation sites is 1. The van der Waals surface area contributed by atoms with E-state index < -0.39 is 0 Å². The summed E-state index contributed by atoms with van der Waals surface area (Å²) in [6.07, 6.45) is 0. The lowest BCUT2D eigenvalue weighted by molar-refractivity contribution is 0.328. The summed E-state index contributed by atoms with van der Waals surface area (Å²) in [4.78, 5) is 4.51. The van der Waals surface area contributed by atoms with Crippen molar-refractivity contribution >= 4 is 16.9 Å². The molecule has 0 aliphatic carbocycles. The highest BCUT2D eigenvalue weighted by atomic mass is 32.2. The first-order chi connectivity index (χ1) is 8.75. The first kappa shape index (κ1) is 13.3. The van der Waals surface area contributed by atoms with Gasteiger partial charge in [0, 0.05) is 11.8 Å². The van der Waals surface area contributed by atoms with Crippen molar-refractivity contribution in [3.05, 3.63) is 30.3 Å². The van der Waals surface area contributed by atoms with E-state index in [4.69, 9.17) is 4.74 Å². The van der Waals surface area contributed by atoms with Gasteiger partial charge in [0.05, 0.1) is 6.54 Å². The number of thioether (sulfide) groups is 1. The fraction of sp³-hybridized carbons (Fsp3) is 0.500. The van der Waals surface area contributed by atoms with E-state index in [1.165, 1.54) is 0 Å². The monoisotopic (exact) mass is 264 g/mol. The number of hydrogen-bond donors (Lipinski definition) is 1. The molecule has 1 fully saturated rings. The smallest absolute Gasteiger partial charge is 0.156 e. The van der Waals surface area contributed by atoms with Crippen molar-refractivity contribution in [2.24, 2.45) is 10.9 Å². The van der Waals surface area contributed by atoms with Crippen LogP contribution in [-0.2, 0) is 0 Å². The van der Waals surface area contributed by atoms with E-state index in [1.807, 2.05) is 42.1 Å². The van der Waals surface area contributed by atoms with Crippen molar-refractivity contribution in [2.45, 2.75) is 19.9 Å². The van der Waals surface area contributed by atoms with Crippen molar-refractivity contribution in [3.8, 4) is 5.75 Å². The maximum absolute atomic E-state index is 5.60. The zero-order chi connectivity index (χ0) is 12.8. The van der Waals surface area contributed by atoms with E-state index in [1.54, 1.807) is 0 Å². The van der Waals surface area contributed by atoms with E-state index in [2.05, 4.69) is 24.2 Å². The van der Waals surface area contributed by atoms with Crippen molar-refractivity contribution in [1.82, 2.24) is 5.32 Å². The van der Waals surface area contributed by atoms with Crippen LogP contribution in [0.15, 0.2) is 35.3 Å². The fourth-order valence-corrected chi connectivity index (χ4v) is 2.91. The summed E-state index contributed by atoms with van der Waals surface area (Å²) in [6.45, 7) is 5.80. The van der Waals surface area contributed by atoms with Gasteiger partial charge in [-0.2, -0.15) is 0 Å². The third-order valence-electron chi connectivity index (χ3n) is 2.87. The zero-order valence-corrected chi connectivity index (χ0v) is 11.7. The summed E-state index contributed by atoms with van der Waals surface area (Å²) in [7, 11) is 0. The quantitative estimate of drug-likeness (QED) is 0.830. The van der Waals surface area contributed by atoms with E-state index in [-0.39, 0.29) is 0 Å². The standard InChI is InChI=1S/C14H20N2OS/c1-11(2)13-10-18-14(16-13)15-8-9-17-12-6-4-3-5-7-12/h3-7,11,13H,8-10H2,1-2H3,(H,15,16). The minimum Gasteiger partial charge on any atom is -0.492 e. The molecule has 3 nitrogen and oxygen atoms in total. The molecule has 0 saturated carbocycles. The van der Waals surface area contributed by atoms with Gasteiger partial charge >= 0.3 is 0 Å². The van der Waals surface area contributed by atoms with Crippen LogP contribution in [-0.4, -0.2) is 30.1 Å². The Morgan fingerprint density at radius 2 is 2.17 bits per heavy atom. The number of ether oxygens (including phenoxy) is 1. The van der Waals surface area contributed by atoms with E-state index in [9.17, 15) is 0 Å². The van der Waals surface area contributed by atoms with Crippen molar-refractivity contribution in [3.63, 3.8) is 0 Å². The van der Waals surface area contributed by atoms with Crippen LogP contribution in [0.2, 0.25) is 0 Å². The Morgan fingerprint density at radius 3 is 2.83 bits per heavy atom. The van der Waals surface area contributed by atoms with Gasteiger partial charge in [0.25, 0.3) is 0 Å². The molecule has 4 heteroatoms. The molecule has 1 unspecified atom stereocenters. The summed E-state index contributed by atoms with van der Waals surface area (Å²) in [6, 6.07) is 10.4. The van der Waals surface area contributed by atoms with Gasteiger partial charge in [-0.15, -0.1) is 0 Å². The van der Waals surface area contributed by atoms with Crippen molar-refractivity contribution in [2.75, 3.05) is 18.9 Å². The second-order valence-corrected chi connectivity index (χ2v) is 5.66. The number of benzene rings is 1. The van der Waals surface area contributed by atoms with Crippen LogP contribution in [0.25, 0.3) is 0 Å². The molecule has 18 heavy (non-hydrogen) atoms. The molecule has 0 aromatic heterocycles. The Morgan fingerprint density at radius 1 is 1.39 bits per heavy atom. The highest BCUT2D eigenvalue weighted by molar-refractivity contribution is 8.14. The number of nitrogens with zero attached hydrogens (tertiary/aromatic N) is 1. The molecule has 98 valence electrons. The third-order valence-corrected chi connectivity index (χ3v) is 3.92. The van der Waals surface area contributed by atoms with Crippen LogP contribution in [0.1, 0.15) is 13.8 Å². The van der Waals surface area contributed by atoms with Gasteiger partial charge < -0.3 is 10.1 Å². The van der Waals surface area contributed by atoms with E-state index in [0.29, 0.717) is 25.1 Å². The van der Waals surface area contributed by atoms with E-state index >= 15 is 0 Å². The van der Waals surface area contributed by atoms with Crippen LogP contribution < -0.4 is 10.1 Å². The van der Waals surface area contributed by atoms with Gasteiger partial charge in [0.15, 0.2) is 5.17 Å². The molecule has 1 N–H and O–H groups in total. The van der Waals surface area contributed by atoms with Crippen LogP contribution in [0.3, 0.4) is 0 Å². The molecule has 1 aliphatic rings. The lowest BCUT2D eigenvalue weighted by Crippen LogP contribution is -2.31. The van der Waals surface area contributed by atoms with Gasteiger partial charge in [0.2, 0.25) is 0 Å². The molecule has 0 radical (unpaired) electrons. The third kappa shape index (κ3) is 3.95. The highest BCUT2D eigenvalue weighted by Gasteiger charge is 2.22. The average Bonchev–Trinajstić information content (AvgIpc) is 2.85. The number of nitrogens with one attached hydrogen (secondary N) is 1. The summed E-state index contributed by atoms with van der Waals surface area (Å²) in [5.41, 5.74) is 0. The van der Waals surface area contributed by atoms with Crippen LogP contribution in [0.5, 0.6) is 5.75 Å². The fourth-order valence-electron chi connectivity index (χ4n) is 1.69. The minimum absolute atomic E-state index is 0.559.